The van der Waals surface area contributed by atoms with Gasteiger partial charge in [0, 0.05) is 0 Å². The number of ether oxygens (including phenoxy) is 2. The van der Waals surface area contributed by atoms with Crippen LogP contribution in [0.5, 0.6) is 0 Å². The third-order valence-electron chi connectivity index (χ3n) is 6.35. The predicted molar refractivity (Wildman–Crippen MR) is 128 cm³/mol. The van der Waals surface area contributed by atoms with Gasteiger partial charge < -0.3 is 0 Å². The number of hydrogen-bond acceptors (Lipinski definition) is 6. The van der Waals surface area contributed by atoms with Crippen molar-refractivity contribution in [2.75, 3.05) is 13.2 Å². The van der Waals surface area contributed by atoms with Crippen molar-refractivity contribution in [1.82, 2.24) is 0 Å². The minimum atomic E-state index is -1.88. The molecule has 0 spiro atoms. The molecule has 0 aromatic heterocycles. The Labute approximate surface area is 235 Å². The van der Waals surface area contributed by atoms with Gasteiger partial charge in [-0.1, -0.05) is 0 Å². The molecule has 176 valence electrons. The van der Waals surface area contributed by atoms with E-state index >= 15 is 0 Å². The van der Waals surface area contributed by atoms with Gasteiger partial charge in [0.05, 0.1) is 0 Å². The number of carbonyl (C=O) groups excluding carboxylic acids is 2. The van der Waals surface area contributed by atoms with E-state index in [4.69, 9.17) is 14.8 Å². The van der Waals surface area contributed by atoms with E-state index in [9.17, 15) is 9.59 Å². The van der Waals surface area contributed by atoms with E-state index in [0.717, 1.165) is 29.4 Å². The standard InChI is InChI=1S/2C11H8O2.C6H10O2.2Hg/c2*12-11(13)10-6-5-8-3-1-2-4-9(8)7-10;1-5-3-8-6(2)4-7-5;;/h2*1-7H,(H,12,13);5-6H,1-4H2;;/q;;;2*+1/p-2. The Balaban J connectivity index is 0.995. The second-order valence-corrected chi connectivity index (χ2v) is 18.8. The second-order valence-electron chi connectivity index (χ2n) is 8.88. The molecule has 1 saturated heterocycles. The molecule has 4 aromatic carbocycles. The summed E-state index contributed by atoms with van der Waals surface area (Å²) >= 11 is -3.77. The van der Waals surface area contributed by atoms with E-state index in [-0.39, 0.29) is 24.1 Å². The summed E-state index contributed by atoms with van der Waals surface area (Å²) in [6.07, 6.45) is -0.0201. The summed E-state index contributed by atoms with van der Waals surface area (Å²) in [5.74, 6) is -0.472. The molecule has 36 heavy (non-hydrogen) atoms. The molecule has 2 unspecified atom stereocenters. The fourth-order valence-electron chi connectivity index (χ4n) is 4.28. The monoisotopic (exact) mass is 860 g/mol. The number of rotatable bonds is 8. The Bertz CT molecular complexity index is 1260. The van der Waals surface area contributed by atoms with Crippen molar-refractivity contribution in [3.05, 3.63) is 96.1 Å². The van der Waals surface area contributed by atoms with Crippen LogP contribution in [0, 0.1) is 0 Å². The third-order valence-corrected chi connectivity index (χ3v) is 16.8. The van der Waals surface area contributed by atoms with E-state index in [1.54, 1.807) is 0 Å². The van der Waals surface area contributed by atoms with Crippen LogP contribution in [0.3, 0.4) is 0 Å². The summed E-state index contributed by atoms with van der Waals surface area (Å²) in [7, 11) is 0. The summed E-state index contributed by atoms with van der Waals surface area (Å²) in [4.78, 5) is 24.9. The van der Waals surface area contributed by atoms with E-state index in [1.807, 2.05) is 84.9 Å². The SMILES string of the molecule is O=C([O][Hg][CH2]C1COC([CH2][Hg][O]C(=O)c2ccc3ccccc3c2)CO1)c1ccc2ccccc2c1. The molecule has 0 aliphatic carbocycles. The van der Waals surface area contributed by atoms with Crippen LogP contribution in [0.2, 0.25) is 7.86 Å². The first-order chi connectivity index (χ1) is 17.7. The van der Waals surface area contributed by atoms with E-state index in [2.05, 4.69) is 0 Å². The second kappa shape index (κ2) is 12.6. The molecule has 0 radical (unpaired) electrons. The molecule has 5 rings (SSSR count). The van der Waals surface area contributed by atoms with Gasteiger partial charge in [-0.2, -0.15) is 0 Å². The van der Waals surface area contributed by atoms with Crippen LogP contribution >= 0.6 is 0 Å². The van der Waals surface area contributed by atoms with E-state index < -0.39 is 50.1 Å². The molecular weight excluding hydrogens is 833 g/mol. The molecule has 0 bridgehead atoms. The number of benzene rings is 4. The maximum atomic E-state index is 12.4. The van der Waals surface area contributed by atoms with Crippen molar-refractivity contribution in [1.29, 1.82) is 0 Å². The van der Waals surface area contributed by atoms with Gasteiger partial charge >= 0.3 is 237 Å². The van der Waals surface area contributed by atoms with Gasteiger partial charge in [-0.3, -0.25) is 0 Å². The van der Waals surface area contributed by atoms with Gasteiger partial charge in [0.15, 0.2) is 0 Å². The quantitative estimate of drug-likeness (QED) is 0.215. The Kier molecular flexibility index (Phi) is 9.01. The van der Waals surface area contributed by atoms with Crippen molar-refractivity contribution in [2.45, 2.75) is 20.1 Å². The van der Waals surface area contributed by atoms with Crippen molar-refractivity contribution < 1.29 is 74.4 Å². The van der Waals surface area contributed by atoms with Gasteiger partial charge in [-0.25, -0.2) is 0 Å². The van der Waals surface area contributed by atoms with Gasteiger partial charge in [-0.15, -0.1) is 0 Å². The first-order valence-corrected chi connectivity index (χ1v) is 24.5. The third kappa shape index (κ3) is 6.71. The van der Waals surface area contributed by atoms with Crippen LogP contribution in [-0.4, -0.2) is 37.4 Å². The Morgan fingerprint density at radius 3 is 1.47 bits per heavy atom. The van der Waals surface area contributed by atoms with Gasteiger partial charge in [0.25, 0.3) is 0 Å². The van der Waals surface area contributed by atoms with Crippen LogP contribution in [0.1, 0.15) is 20.7 Å². The van der Waals surface area contributed by atoms with Gasteiger partial charge in [-0.05, 0) is 0 Å². The number of fused-ring (bicyclic) bond motifs is 2. The summed E-state index contributed by atoms with van der Waals surface area (Å²) < 4.78 is 24.9. The molecule has 1 aliphatic rings. The molecule has 4 aromatic rings. The Hall–Kier alpha value is -1.87. The topological polar surface area (TPSA) is 71.1 Å². The molecule has 0 saturated carbocycles. The Morgan fingerprint density at radius 2 is 1.06 bits per heavy atom. The van der Waals surface area contributed by atoms with E-state index in [0.29, 0.717) is 24.3 Å². The molecular formula is C28H24Hg2O6. The summed E-state index contributed by atoms with van der Waals surface area (Å²) in [6.45, 7) is 1.01. The average molecular weight is 858 g/mol. The Morgan fingerprint density at radius 1 is 0.639 bits per heavy atom. The molecule has 1 heterocycles. The molecule has 2 atom stereocenters. The maximum absolute atomic E-state index is 12.4. The number of hydrogen-bond donors (Lipinski definition) is 0. The summed E-state index contributed by atoms with van der Waals surface area (Å²) in [5, 5.41) is 4.28. The van der Waals surface area contributed by atoms with Crippen LogP contribution in [-0.2, 0) is 64.8 Å². The molecule has 0 amide bonds. The van der Waals surface area contributed by atoms with Crippen LogP contribution in [0.25, 0.3) is 21.5 Å². The number of carbonyl (C=O) groups is 2. The minimum absolute atomic E-state index is 0.0101. The van der Waals surface area contributed by atoms with Crippen LogP contribution in [0.15, 0.2) is 84.9 Å². The van der Waals surface area contributed by atoms with Crippen molar-refractivity contribution in [2.24, 2.45) is 0 Å². The molecule has 0 N–H and O–H groups in total. The van der Waals surface area contributed by atoms with Crippen molar-refractivity contribution in [3.63, 3.8) is 0 Å². The van der Waals surface area contributed by atoms with E-state index in [1.165, 1.54) is 0 Å². The molecule has 1 fully saturated rings. The first kappa shape index (κ1) is 25.8. The molecule has 1 aliphatic heterocycles. The summed E-state index contributed by atoms with van der Waals surface area (Å²) in [5.41, 5.74) is 1.20. The molecule has 6 nitrogen and oxygen atoms in total. The zero-order valence-electron chi connectivity index (χ0n) is 19.9. The zero-order chi connectivity index (χ0) is 24.7. The fourth-order valence-corrected chi connectivity index (χ4v) is 12.6. The predicted octanol–water partition coefficient (Wildman–Crippen LogP) is 5.62. The van der Waals surface area contributed by atoms with Crippen molar-refractivity contribution in [3.8, 4) is 0 Å². The summed E-state index contributed by atoms with van der Waals surface area (Å²) in [6, 6.07) is 27.2. The van der Waals surface area contributed by atoms with Gasteiger partial charge in [0.2, 0.25) is 0 Å². The normalized spacial score (nSPS) is 17.2. The van der Waals surface area contributed by atoms with Crippen molar-refractivity contribution >= 4 is 33.5 Å². The first-order valence-electron chi connectivity index (χ1n) is 12.2. The van der Waals surface area contributed by atoms with Gasteiger partial charge in [0.1, 0.15) is 0 Å². The van der Waals surface area contributed by atoms with Crippen LogP contribution < -0.4 is 0 Å². The fraction of sp³-hybridized carbons (Fsp3) is 0.214. The van der Waals surface area contributed by atoms with Crippen LogP contribution in [0.4, 0.5) is 0 Å². The average Bonchev–Trinajstić information content (AvgIpc) is 2.93. The molecule has 8 heteroatoms. The zero-order valence-corrected chi connectivity index (χ0v) is 30.9.